The lowest BCUT2D eigenvalue weighted by Crippen LogP contribution is -2.14. The van der Waals surface area contributed by atoms with Crippen LogP contribution in [0.3, 0.4) is 0 Å². The van der Waals surface area contributed by atoms with Crippen LogP contribution < -0.4 is 4.72 Å². The molecule has 3 aromatic rings. The summed E-state index contributed by atoms with van der Waals surface area (Å²) in [6.07, 6.45) is -3.20. The third-order valence-corrected chi connectivity index (χ3v) is 4.60. The molecule has 1 N–H and O–H groups in total. The predicted molar refractivity (Wildman–Crippen MR) is 81.4 cm³/mol. The first-order chi connectivity index (χ1) is 11.8. The molecule has 0 aliphatic rings. The minimum Gasteiger partial charge on any atom is -0.280 e. The topological polar surface area (TPSA) is 89.8 Å². The third-order valence-electron chi connectivity index (χ3n) is 3.20. The van der Waals surface area contributed by atoms with Gasteiger partial charge in [0.2, 0.25) is 0 Å². The van der Waals surface area contributed by atoms with Crippen LogP contribution in [0.15, 0.2) is 59.8 Å². The van der Waals surface area contributed by atoms with Crippen LogP contribution in [0.25, 0.3) is 5.69 Å². The van der Waals surface area contributed by atoms with E-state index in [2.05, 4.69) is 20.2 Å². The lowest BCUT2D eigenvalue weighted by molar-refractivity contribution is -0.137. The molecule has 1 heterocycles. The smallest absolute Gasteiger partial charge is 0.280 e. The van der Waals surface area contributed by atoms with Crippen molar-refractivity contribution in [2.45, 2.75) is 11.1 Å². The predicted octanol–water partition coefficient (Wildman–Crippen LogP) is 2.48. The highest BCUT2D eigenvalue weighted by Crippen LogP contribution is 2.30. The number of halogens is 3. The fraction of sp³-hybridized carbons (Fsp3) is 0.0714. The molecule has 0 fully saturated rings. The largest absolute Gasteiger partial charge is 0.416 e. The Balaban J connectivity index is 1.86. The fourth-order valence-corrected chi connectivity index (χ4v) is 3.08. The molecule has 0 radical (unpaired) electrons. The second kappa shape index (κ2) is 6.16. The first-order valence-electron chi connectivity index (χ1n) is 6.79. The molecule has 1 aromatic heterocycles. The maximum atomic E-state index is 12.6. The average Bonchev–Trinajstić information content (AvgIpc) is 3.08. The lowest BCUT2D eigenvalue weighted by atomic mass is 10.2. The van der Waals surface area contributed by atoms with Crippen molar-refractivity contribution in [3.05, 3.63) is 60.4 Å². The Morgan fingerprint density at radius 3 is 2.36 bits per heavy atom. The van der Waals surface area contributed by atoms with E-state index in [-0.39, 0.29) is 10.6 Å². The van der Waals surface area contributed by atoms with Crippen LogP contribution in [0.5, 0.6) is 0 Å². The number of hydrogen-bond donors (Lipinski definition) is 1. The highest BCUT2D eigenvalue weighted by molar-refractivity contribution is 7.92. The Hall–Kier alpha value is -2.95. The molecule has 25 heavy (non-hydrogen) atoms. The van der Waals surface area contributed by atoms with Crippen LogP contribution in [-0.2, 0) is 16.2 Å². The zero-order valence-corrected chi connectivity index (χ0v) is 13.2. The van der Waals surface area contributed by atoms with E-state index in [0.717, 1.165) is 12.1 Å². The Bertz CT molecular complexity index is 970. The number of nitrogens with one attached hydrogen (secondary N) is 1. The van der Waals surface area contributed by atoms with Crippen molar-refractivity contribution >= 4 is 15.7 Å². The van der Waals surface area contributed by atoms with Crippen LogP contribution in [0.4, 0.5) is 18.9 Å². The highest BCUT2D eigenvalue weighted by atomic mass is 32.2. The number of benzene rings is 2. The molecular weight excluding hydrogens is 359 g/mol. The van der Waals surface area contributed by atoms with Crippen molar-refractivity contribution in [2.75, 3.05) is 4.72 Å². The summed E-state index contributed by atoms with van der Waals surface area (Å²) in [4.78, 5) is -0.284. The van der Waals surface area contributed by atoms with E-state index in [9.17, 15) is 21.6 Å². The van der Waals surface area contributed by atoms with Crippen LogP contribution in [0.2, 0.25) is 0 Å². The van der Waals surface area contributed by atoms with Gasteiger partial charge in [-0.1, -0.05) is 6.07 Å². The molecule has 0 atom stereocenters. The summed E-state index contributed by atoms with van der Waals surface area (Å²) in [5.74, 6) is 0. The first kappa shape index (κ1) is 16.9. The van der Waals surface area contributed by atoms with Crippen LogP contribution in [0.1, 0.15) is 5.56 Å². The minimum atomic E-state index is -4.53. The van der Waals surface area contributed by atoms with Gasteiger partial charge in [0, 0.05) is 0 Å². The van der Waals surface area contributed by atoms with Crippen molar-refractivity contribution in [2.24, 2.45) is 0 Å². The van der Waals surface area contributed by atoms with Gasteiger partial charge in [0.15, 0.2) is 0 Å². The molecule has 7 nitrogen and oxygen atoms in total. The molecule has 0 aliphatic carbocycles. The van der Waals surface area contributed by atoms with E-state index in [1.165, 1.54) is 23.1 Å². The van der Waals surface area contributed by atoms with E-state index >= 15 is 0 Å². The van der Waals surface area contributed by atoms with Crippen molar-refractivity contribution in [1.82, 2.24) is 20.2 Å². The third kappa shape index (κ3) is 3.76. The Labute approximate surface area is 140 Å². The SMILES string of the molecule is O=S(=O)(Nc1cccc(-n2cnnn2)c1)c1ccc(C(F)(F)F)cc1. The summed E-state index contributed by atoms with van der Waals surface area (Å²) in [6.45, 7) is 0. The first-order valence-corrected chi connectivity index (χ1v) is 8.27. The summed E-state index contributed by atoms with van der Waals surface area (Å²) >= 11 is 0. The molecule has 0 saturated heterocycles. The molecule has 0 amide bonds. The molecule has 0 bridgehead atoms. The molecule has 0 unspecified atom stereocenters. The lowest BCUT2D eigenvalue weighted by Gasteiger charge is -2.11. The normalized spacial score (nSPS) is 12.1. The monoisotopic (exact) mass is 369 g/mol. The van der Waals surface area contributed by atoms with Crippen LogP contribution in [0, 0.1) is 0 Å². The molecular formula is C14H10F3N5O2S. The van der Waals surface area contributed by atoms with Gasteiger partial charge in [-0.3, -0.25) is 4.72 Å². The van der Waals surface area contributed by atoms with E-state index in [4.69, 9.17) is 0 Å². The number of tetrazole rings is 1. The van der Waals surface area contributed by atoms with E-state index in [1.54, 1.807) is 12.1 Å². The van der Waals surface area contributed by atoms with Gasteiger partial charge in [-0.15, -0.1) is 5.10 Å². The highest BCUT2D eigenvalue weighted by Gasteiger charge is 2.30. The number of sulfonamides is 1. The fourth-order valence-electron chi connectivity index (χ4n) is 2.03. The summed E-state index contributed by atoms with van der Waals surface area (Å²) < 4.78 is 66.0. The minimum absolute atomic E-state index is 0.216. The Morgan fingerprint density at radius 2 is 1.76 bits per heavy atom. The summed E-state index contributed by atoms with van der Waals surface area (Å²) in [7, 11) is -4.04. The molecule has 11 heteroatoms. The number of aromatic nitrogens is 4. The summed E-state index contributed by atoms with van der Waals surface area (Å²) in [5.41, 5.74) is -0.197. The van der Waals surface area contributed by atoms with Gasteiger partial charge in [0.05, 0.1) is 21.8 Å². The van der Waals surface area contributed by atoms with E-state index in [0.29, 0.717) is 17.8 Å². The van der Waals surface area contributed by atoms with Gasteiger partial charge in [0.25, 0.3) is 10.0 Å². The number of hydrogen-bond acceptors (Lipinski definition) is 5. The maximum absolute atomic E-state index is 12.6. The van der Waals surface area contributed by atoms with Crippen molar-refractivity contribution in [3.63, 3.8) is 0 Å². The van der Waals surface area contributed by atoms with Gasteiger partial charge >= 0.3 is 6.18 Å². The second-order valence-electron chi connectivity index (χ2n) is 4.93. The Morgan fingerprint density at radius 1 is 1.04 bits per heavy atom. The van der Waals surface area contributed by atoms with Gasteiger partial charge in [0.1, 0.15) is 6.33 Å². The van der Waals surface area contributed by atoms with Crippen LogP contribution >= 0.6 is 0 Å². The van der Waals surface area contributed by atoms with Gasteiger partial charge in [-0.05, 0) is 52.9 Å². The van der Waals surface area contributed by atoms with Gasteiger partial charge < -0.3 is 0 Å². The summed E-state index contributed by atoms with van der Waals surface area (Å²) in [5, 5.41) is 10.6. The van der Waals surface area contributed by atoms with Crippen LogP contribution in [-0.4, -0.2) is 28.6 Å². The second-order valence-corrected chi connectivity index (χ2v) is 6.61. The number of anilines is 1. The zero-order chi connectivity index (χ0) is 18.1. The Kier molecular flexibility index (Phi) is 4.17. The molecule has 0 spiro atoms. The number of rotatable bonds is 4. The molecule has 0 aliphatic heterocycles. The summed E-state index contributed by atoms with van der Waals surface area (Å²) in [6, 6.07) is 9.45. The van der Waals surface area contributed by atoms with E-state index in [1.807, 2.05) is 0 Å². The molecule has 130 valence electrons. The average molecular weight is 369 g/mol. The maximum Gasteiger partial charge on any atom is 0.416 e. The zero-order valence-electron chi connectivity index (χ0n) is 12.3. The molecule has 3 rings (SSSR count). The molecule has 0 saturated carbocycles. The van der Waals surface area contributed by atoms with Crippen molar-refractivity contribution in [3.8, 4) is 5.69 Å². The quantitative estimate of drug-likeness (QED) is 0.763. The standard InChI is InChI=1S/C14H10F3N5O2S/c15-14(16,17)10-4-6-13(7-5-10)25(23,24)19-11-2-1-3-12(8-11)22-9-18-20-21-22/h1-9,19H. The number of alkyl halides is 3. The van der Waals surface area contributed by atoms with Crippen molar-refractivity contribution < 1.29 is 21.6 Å². The van der Waals surface area contributed by atoms with E-state index < -0.39 is 21.8 Å². The van der Waals surface area contributed by atoms with Gasteiger partial charge in [-0.2, -0.15) is 13.2 Å². The number of nitrogens with zero attached hydrogens (tertiary/aromatic N) is 4. The van der Waals surface area contributed by atoms with Gasteiger partial charge in [-0.25, -0.2) is 13.1 Å². The molecule has 2 aromatic carbocycles. The van der Waals surface area contributed by atoms with Crippen molar-refractivity contribution in [1.29, 1.82) is 0 Å².